The van der Waals surface area contributed by atoms with Crippen LogP contribution in [0.2, 0.25) is 0 Å². The summed E-state index contributed by atoms with van der Waals surface area (Å²) in [6.07, 6.45) is 0. The zero-order chi connectivity index (χ0) is 14.2. The number of hydrogen-bond donors (Lipinski definition) is 2. The van der Waals surface area contributed by atoms with Gasteiger partial charge in [-0.25, -0.2) is 0 Å². The SMILES string of the molecule is COc1ccc(CNCCSc2ccccc2)cc1O. The number of hydrogen-bond acceptors (Lipinski definition) is 4. The van der Waals surface area contributed by atoms with E-state index in [1.807, 2.05) is 23.9 Å². The number of thioether (sulfide) groups is 1. The van der Waals surface area contributed by atoms with Crippen LogP contribution in [-0.2, 0) is 6.54 Å². The maximum absolute atomic E-state index is 9.69. The second-order valence-electron chi connectivity index (χ2n) is 4.34. The van der Waals surface area contributed by atoms with E-state index in [-0.39, 0.29) is 5.75 Å². The predicted molar refractivity (Wildman–Crippen MR) is 83.5 cm³/mol. The number of aromatic hydroxyl groups is 1. The molecule has 0 amide bonds. The minimum atomic E-state index is 0.186. The summed E-state index contributed by atoms with van der Waals surface area (Å²) in [7, 11) is 1.55. The van der Waals surface area contributed by atoms with Crippen LogP contribution in [0.15, 0.2) is 53.4 Å². The third-order valence-corrected chi connectivity index (χ3v) is 3.88. The van der Waals surface area contributed by atoms with Crippen molar-refractivity contribution < 1.29 is 9.84 Å². The highest BCUT2D eigenvalue weighted by molar-refractivity contribution is 7.99. The van der Waals surface area contributed by atoms with Crippen LogP contribution in [0.5, 0.6) is 11.5 Å². The van der Waals surface area contributed by atoms with E-state index in [4.69, 9.17) is 4.74 Å². The van der Waals surface area contributed by atoms with E-state index in [9.17, 15) is 5.11 Å². The van der Waals surface area contributed by atoms with Crippen molar-refractivity contribution in [3.63, 3.8) is 0 Å². The highest BCUT2D eigenvalue weighted by Crippen LogP contribution is 2.26. The smallest absolute Gasteiger partial charge is 0.160 e. The van der Waals surface area contributed by atoms with Crippen LogP contribution in [0, 0.1) is 0 Å². The van der Waals surface area contributed by atoms with Crippen molar-refractivity contribution >= 4 is 11.8 Å². The molecule has 0 atom stereocenters. The fraction of sp³-hybridized carbons (Fsp3) is 0.250. The summed E-state index contributed by atoms with van der Waals surface area (Å²) >= 11 is 1.83. The van der Waals surface area contributed by atoms with Gasteiger partial charge in [-0.3, -0.25) is 0 Å². The Labute approximate surface area is 124 Å². The monoisotopic (exact) mass is 289 g/mol. The minimum absolute atomic E-state index is 0.186. The lowest BCUT2D eigenvalue weighted by molar-refractivity contribution is 0.373. The van der Waals surface area contributed by atoms with Gasteiger partial charge in [-0.15, -0.1) is 11.8 Å². The van der Waals surface area contributed by atoms with E-state index in [2.05, 4.69) is 29.6 Å². The maximum atomic E-state index is 9.69. The highest BCUT2D eigenvalue weighted by atomic mass is 32.2. The zero-order valence-corrected chi connectivity index (χ0v) is 12.3. The molecule has 0 aliphatic rings. The molecule has 0 spiro atoms. The zero-order valence-electron chi connectivity index (χ0n) is 11.5. The summed E-state index contributed by atoms with van der Waals surface area (Å²) in [6, 6.07) is 15.8. The molecule has 0 aromatic heterocycles. The van der Waals surface area contributed by atoms with Crippen molar-refractivity contribution in [3.05, 3.63) is 54.1 Å². The number of rotatable bonds is 7. The Bertz CT molecular complexity index is 531. The Morgan fingerprint density at radius 1 is 1.15 bits per heavy atom. The van der Waals surface area contributed by atoms with Gasteiger partial charge in [0.2, 0.25) is 0 Å². The van der Waals surface area contributed by atoms with Crippen LogP contribution >= 0.6 is 11.8 Å². The molecule has 0 heterocycles. The van der Waals surface area contributed by atoms with Crippen LogP contribution in [0.3, 0.4) is 0 Å². The standard InChI is InChI=1S/C16H19NO2S/c1-19-16-8-7-13(11-15(16)18)12-17-9-10-20-14-5-3-2-4-6-14/h2-8,11,17-18H,9-10,12H2,1H3. The van der Waals surface area contributed by atoms with Gasteiger partial charge >= 0.3 is 0 Å². The van der Waals surface area contributed by atoms with Gasteiger partial charge in [0.25, 0.3) is 0 Å². The molecule has 4 heteroatoms. The quantitative estimate of drug-likeness (QED) is 0.606. The van der Waals surface area contributed by atoms with Crippen molar-refractivity contribution in [2.24, 2.45) is 0 Å². The molecule has 2 N–H and O–H groups in total. The van der Waals surface area contributed by atoms with Gasteiger partial charge in [0.05, 0.1) is 7.11 Å². The first kappa shape index (κ1) is 14.8. The lowest BCUT2D eigenvalue weighted by Crippen LogP contribution is -2.16. The molecule has 20 heavy (non-hydrogen) atoms. The molecule has 0 unspecified atom stereocenters. The van der Waals surface area contributed by atoms with Crippen LogP contribution in [0.4, 0.5) is 0 Å². The second-order valence-corrected chi connectivity index (χ2v) is 5.51. The number of nitrogens with one attached hydrogen (secondary N) is 1. The topological polar surface area (TPSA) is 41.5 Å². The first-order valence-corrected chi connectivity index (χ1v) is 7.52. The number of phenols is 1. The molecule has 0 radical (unpaired) electrons. The largest absolute Gasteiger partial charge is 0.504 e. The van der Waals surface area contributed by atoms with E-state index < -0.39 is 0 Å². The van der Waals surface area contributed by atoms with E-state index in [0.717, 1.165) is 24.4 Å². The average molecular weight is 289 g/mol. The molecule has 2 aromatic rings. The lowest BCUT2D eigenvalue weighted by Gasteiger charge is -2.07. The molecule has 106 valence electrons. The van der Waals surface area contributed by atoms with Gasteiger partial charge in [-0.1, -0.05) is 24.3 Å². The number of methoxy groups -OCH3 is 1. The van der Waals surface area contributed by atoms with E-state index in [1.165, 1.54) is 4.90 Å². The fourth-order valence-corrected chi connectivity index (χ4v) is 2.67. The van der Waals surface area contributed by atoms with Crippen molar-refractivity contribution in [3.8, 4) is 11.5 Å². The minimum Gasteiger partial charge on any atom is -0.504 e. The number of phenolic OH excluding ortho intramolecular Hbond substituents is 1. The third kappa shape index (κ3) is 4.47. The van der Waals surface area contributed by atoms with Crippen molar-refractivity contribution in [1.82, 2.24) is 5.32 Å². The molecule has 0 bridgehead atoms. The maximum Gasteiger partial charge on any atom is 0.160 e. The molecular weight excluding hydrogens is 270 g/mol. The molecule has 0 aliphatic carbocycles. The number of ether oxygens (including phenoxy) is 1. The van der Waals surface area contributed by atoms with E-state index >= 15 is 0 Å². The van der Waals surface area contributed by atoms with Crippen LogP contribution in [0.25, 0.3) is 0 Å². The Balaban J connectivity index is 1.69. The molecule has 0 saturated carbocycles. The van der Waals surface area contributed by atoms with Gasteiger partial charge in [0.1, 0.15) is 0 Å². The molecule has 0 aliphatic heterocycles. The Kier molecular flexibility index (Phi) is 5.77. The van der Waals surface area contributed by atoms with Crippen molar-refractivity contribution in [2.75, 3.05) is 19.4 Å². The summed E-state index contributed by atoms with van der Waals surface area (Å²) < 4.78 is 5.02. The summed E-state index contributed by atoms with van der Waals surface area (Å²) in [4.78, 5) is 1.29. The molecule has 0 fully saturated rings. The Morgan fingerprint density at radius 3 is 2.65 bits per heavy atom. The fourth-order valence-electron chi connectivity index (χ4n) is 1.84. The van der Waals surface area contributed by atoms with E-state index in [0.29, 0.717) is 5.75 Å². The van der Waals surface area contributed by atoms with E-state index in [1.54, 1.807) is 19.2 Å². The normalized spacial score (nSPS) is 10.4. The van der Waals surface area contributed by atoms with Gasteiger partial charge in [-0.05, 0) is 29.8 Å². The van der Waals surface area contributed by atoms with Crippen LogP contribution < -0.4 is 10.1 Å². The lowest BCUT2D eigenvalue weighted by atomic mass is 10.2. The first-order chi connectivity index (χ1) is 9.79. The predicted octanol–water partition coefficient (Wildman–Crippen LogP) is 3.28. The van der Waals surface area contributed by atoms with Crippen molar-refractivity contribution in [2.45, 2.75) is 11.4 Å². The number of benzene rings is 2. The molecular formula is C16H19NO2S. The van der Waals surface area contributed by atoms with Gasteiger partial charge < -0.3 is 15.2 Å². The highest BCUT2D eigenvalue weighted by Gasteiger charge is 2.02. The average Bonchev–Trinajstić information content (AvgIpc) is 2.48. The summed E-state index contributed by atoms with van der Waals surface area (Å²) in [5, 5.41) is 13.0. The molecule has 2 rings (SSSR count). The van der Waals surface area contributed by atoms with Crippen LogP contribution in [0.1, 0.15) is 5.56 Å². The first-order valence-electron chi connectivity index (χ1n) is 6.54. The molecule has 3 nitrogen and oxygen atoms in total. The van der Waals surface area contributed by atoms with Crippen LogP contribution in [-0.4, -0.2) is 24.5 Å². The van der Waals surface area contributed by atoms with Crippen molar-refractivity contribution in [1.29, 1.82) is 0 Å². The Hall–Kier alpha value is -1.65. The molecule has 2 aromatic carbocycles. The van der Waals surface area contributed by atoms with Gasteiger partial charge in [-0.2, -0.15) is 0 Å². The molecule has 0 saturated heterocycles. The Morgan fingerprint density at radius 2 is 1.95 bits per heavy atom. The second kappa shape index (κ2) is 7.82. The summed E-state index contributed by atoms with van der Waals surface area (Å²) in [5.74, 6) is 1.71. The van der Waals surface area contributed by atoms with Gasteiger partial charge in [0, 0.05) is 23.7 Å². The summed E-state index contributed by atoms with van der Waals surface area (Å²) in [5.41, 5.74) is 1.05. The van der Waals surface area contributed by atoms with Gasteiger partial charge in [0.15, 0.2) is 11.5 Å². The summed E-state index contributed by atoms with van der Waals surface area (Å²) in [6.45, 7) is 1.67. The third-order valence-electron chi connectivity index (χ3n) is 2.86.